The Kier molecular flexibility index (Phi) is 3.31. The van der Waals surface area contributed by atoms with Crippen molar-refractivity contribution in [1.82, 2.24) is 4.98 Å². The lowest BCUT2D eigenvalue weighted by molar-refractivity contribution is 0.0693. The molecule has 1 saturated carbocycles. The minimum Gasteiger partial charge on any atom is -0.478 e. The summed E-state index contributed by atoms with van der Waals surface area (Å²) in [6.07, 6.45) is 3.47. The largest absolute Gasteiger partial charge is 0.478 e. The zero-order valence-electron chi connectivity index (χ0n) is 10.1. The number of carbonyl (C=O) groups is 1. The summed E-state index contributed by atoms with van der Waals surface area (Å²) in [4.78, 5) is 15.4. The molecule has 1 N–H and O–H groups in total. The van der Waals surface area contributed by atoms with Gasteiger partial charge in [0.15, 0.2) is 0 Å². The van der Waals surface area contributed by atoms with Gasteiger partial charge >= 0.3 is 5.97 Å². The minimum absolute atomic E-state index is 0.193. The summed E-state index contributed by atoms with van der Waals surface area (Å²) in [6, 6.07) is 3.12. The highest BCUT2D eigenvalue weighted by Crippen LogP contribution is 2.26. The average molecular weight is 235 g/mol. The monoisotopic (exact) mass is 235 g/mol. The van der Waals surface area contributed by atoms with E-state index in [0.717, 1.165) is 18.5 Å². The molecular formula is C13H17NO3. The fourth-order valence-electron chi connectivity index (χ4n) is 1.66. The molecule has 0 unspecified atom stereocenters. The van der Waals surface area contributed by atoms with Gasteiger partial charge in [-0.1, -0.05) is 13.8 Å². The molecular weight excluding hydrogens is 218 g/mol. The Hall–Kier alpha value is -1.58. The van der Waals surface area contributed by atoms with Crippen LogP contribution in [-0.2, 0) is 0 Å². The highest BCUT2D eigenvalue weighted by Gasteiger charge is 2.21. The quantitative estimate of drug-likeness (QED) is 0.871. The third-order valence-corrected chi connectivity index (χ3v) is 3.00. The molecule has 0 radical (unpaired) electrons. The van der Waals surface area contributed by atoms with Crippen molar-refractivity contribution in [2.45, 2.75) is 45.1 Å². The zero-order chi connectivity index (χ0) is 12.4. The van der Waals surface area contributed by atoms with E-state index >= 15 is 0 Å². The summed E-state index contributed by atoms with van der Waals surface area (Å²) in [5.41, 5.74) is 1.01. The lowest BCUT2D eigenvalue weighted by Crippen LogP contribution is -2.25. The Balaban J connectivity index is 2.26. The number of pyridine rings is 1. The van der Waals surface area contributed by atoms with Gasteiger partial charge in [-0.2, -0.15) is 0 Å². The van der Waals surface area contributed by atoms with E-state index in [0.29, 0.717) is 5.88 Å². The number of hydrogen-bond acceptors (Lipinski definition) is 3. The molecule has 1 heterocycles. The SMILES string of the molecule is CC(C)c1cc(C(=O)O)cc(OC2CCC2)n1. The van der Waals surface area contributed by atoms with Crippen LogP contribution in [0, 0.1) is 0 Å². The molecule has 1 aromatic heterocycles. The lowest BCUT2D eigenvalue weighted by Gasteiger charge is -2.26. The first-order valence-electron chi connectivity index (χ1n) is 5.98. The molecule has 1 aliphatic rings. The Morgan fingerprint density at radius 1 is 1.47 bits per heavy atom. The van der Waals surface area contributed by atoms with E-state index in [1.54, 1.807) is 6.07 Å². The van der Waals surface area contributed by atoms with Crippen molar-refractivity contribution < 1.29 is 14.6 Å². The van der Waals surface area contributed by atoms with E-state index in [-0.39, 0.29) is 17.6 Å². The van der Waals surface area contributed by atoms with Gasteiger partial charge in [0.1, 0.15) is 6.10 Å². The van der Waals surface area contributed by atoms with Gasteiger partial charge in [0.05, 0.1) is 5.56 Å². The molecule has 1 aromatic rings. The van der Waals surface area contributed by atoms with Crippen LogP contribution in [0.5, 0.6) is 5.88 Å². The molecule has 1 aliphatic carbocycles. The molecule has 0 bridgehead atoms. The normalized spacial score (nSPS) is 15.7. The molecule has 0 saturated heterocycles. The van der Waals surface area contributed by atoms with E-state index in [2.05, 4.69) is 4.98 Å². The number of aromatic nitrogens is 1. The van der Waals surface area contributed by atoms with Crippen molar-refractivity contribution in [2.75, 3.05) is 0 Å². The van der Waals surface area contributed by atoms with Gasteiger partial charge in [-0.05, 0) is 31.2 Å². The van der Waals surface area contributed by atoms with E-state index in [1.165, 1.54) is 12.5 Å². The van der Waals surface area contributed by atoms with Gasteiger partial charge in [0, 0.05) is 11.8 Å². The van der Waals surface area contributed by atoms with Crippen LogP contribution in [0.25, 0.3) is 0 Å². The fourth-order valence-corrected chi connectivity index (χ4v) is 1.66. The van der Waals surface area contributed by atoms with Crippen LogP contribution in [0.1, 0.15) is 55.1 Å². The molecule has 0 aromatic carbocycles. The summed E-state index contributed by atoms with van der Waals surface area (Å²) < 4.78 is 5.66. The number of ether oxygens (including phenoxy) is 1. The number of aromatic carboxylic acids is 1. The minimum atomic E-state index is -0.937. The number of nitrogens with zero attached hydrogens (tertiary/aromatic N) is 1. The predicted molar refractivity (Wildman–Crippen MR) is 63.6 cm³/mol. The van der Waals surface area contributed by atoms with Gasteiger partial charge in [0.25, 0.3) is 0 Å². The van der Waals surface area contributed by atoms with Crippen molar-refractivity contribution in [2.24, 2.45) is 0 Å². The van der Waals surface area contributed by atoms with Crippen molar-refractivity contribution in [3.8, 4) is 5.88 Å². The second-order valence-corrected chi connectivity index (χ2v) is 4.75. The highest BCUT2D eigenvalue weighted by molar-refractivity contribution is 5.88. The topological polar surface area (TPSA) is 59.4 Å². The number of rotatable bonds is 4. The molecule has 4 nitrogen and oxygen atoms in total. The van der Waals surface area contributed by atoms with Crippen molar-refractivity contribution in [1.29, 1.82) is 0 Å². The van der Waals surface area contributed by atoms with Crippen molar-refractivity contribution in [3.05, 3.63) is 23.4 Å². The molecule has 92 valence electrons. The van der Waals surface area contributed by atoms with Crippen molar-refractivity contribution in [3.63, 3.8) is 0 Å². The van der Waals surface area contributed by atoms with Gasteiger partial charge in [-0.3, -0.25) is 0 Å². The zero-order valence-corrected chi connectivity index (χ0v) is 10.1. The third kappa shape index (κ3) is 2.75. The van der Waals surface area contributed by atoms with Crippen LogP contribution >= 0.6 is 0 Å². The van der Waals surface area contributed by atoms with Gasteiger partial charge in [-0.25, -0.2) is 9.78 Å². The van der Waals surface area contributed by atoms with E-state index < -0.39 is 5.97 Å². The highest BCUT2D eigenvalue weighted by atomic mass is 16.5. The van der Waals surface area contributed by atoms with Crippen LogP contribution in [0.3, 0.4) is 0 Å². The van der Waals surface area contributed by atoms with Crippen molar-refractivity contribution >= 4 is 5.97 Å². The molecule has 2 rings (SSSR count). The maximum absolute atomic E-state index is 11.0. The maximum Gasteiger partial charge on any atom is 0.335 e. The van der Waals surface area contributed by atoms with Gasteiger partial charge in [0.2, 0.25) is 5.88 Å². The van der Waals surface area contributed by atoms with Crippen LogP contribution in [0.15, 0.2) is 12.1 Å². The average Bonchev–Trinajstić information content (AvgIpc) is 2.23. The number of carboxylic acid groups (broad SMARTS) is 1. The third-order valence-electron chi connectivity index (χ3n) is 3.00. The molecule has 1 fully saturated rings. The first-order chi connectivity index (χ1) is 8.06. The van der Waals surface area contributed by atoms with E-state index in [1.807, 2.05) is 13.8 Å². The first-order valence-corrected chi connectivity index (χ1v) is 5.98. The van der Waals surface area contributed by atoms with E-state index in [4.69, 9.17) is 9.84 Å². The predicted octanol–water partition coefficient (Wildman–Crippen LogP) is 2.83. The second-order valence-electron chi connectivity index (χ2n) is 4.75. The number of hydrogen-bond donors (Lipinski definition) is 1. The van der Waals surface area contributed by atoms with Crippen LogP contribution in [0.4, 0.5) is 0 Å². The summed E-state index contributed by atoms with van der Waals surface area (Å²) in [5.74, 6) is -0.302. The molecule has 0 atom stereocenters. The molecule has 0 amide bonds. The van der Waals surface area contributed by atoms with E-state index in [9.17, 15) is 4.79 Å². The second kappa shape index (κ2) is 4.73. The summed E-state index contributed by atoms with van der Waals surface area (Å²) in [7, 11) is 0. The maximum atomic E-state index is 11.0. The first kappa shape index (κ1) is 11.9. The molecule has 0 aliphatic heterocycles. The Morgan fingerprint density at radius 2 is 2.18 bits per heavy atom. The molecule has 17 heavy (non-hydrogen) atoms. The summed E-state index contributed by atoms with van der Waals surface area (Å²) in [6.45, 7) is 3.97. The Labute approximate surface area is 101 Å². The van der Waals surface area contributed by atoms with Gasteiger partial charge in [-0.15, -0.1) is 0 Å². The summed E-state index contributed by atoms with van der Waals surface area (Å²) in [5, 5.41) is 9.04. The molecule has 4 heteroatoms. The number of carboxylic acids is 1. The summed E-state index contributed by atoms with van der Waals surface area (Å²) >= 11 is 0. The van der Waals surface area contributed by atoms with Crippen LogP contribution < -0.4 is 4.74 Å². The fraction of sp³-hybridized carbons (Fsp3) is 0.538. The Bertz CT molecular complexity index is 425. The smallest absolute Gasteiger partial charge is 0.335 e. The van der Waals surface area contributed by atoms with Crippen LogP contribution in [0.2, 0.25) is 0 Å². The van der Waals surface area contributed by atoms with Crippen LogP contribution in [-0.4, -0.2) is 22.2 Å². The Morgan fingerprint density at radius 3 is 2.65 bits per heavy atom. The lowest BCUT2D eigenvalue weighted by atomic mass is 9.96. The standard InChI is InChI=1S/C13H17NO3/c1-8(2)11-6-9(13(15)16)7-12(14-11)17-10-4-3-5-10/h6-8,10H,3-5H2,1-2H3,(H,15,16). The van der Waals surface area contributed by atoms with Gasteiger partial charge < -0.3 is 9.84 Å². The molecule has 0 spiro atoms.